The highest BCUT2D eigenvalue weighted by Crippen LogP contribution is 2.07. The van der Waals surface area contributed by atoms with Crippen LogP contribution in [-0.2, 0) is 19.6 Å². The van der Waals surface area contributed by atoms with Crippen LogP contribution < -0.4 is 4.72 Å². The molecule has 0 rings (SSSR count). The molecule has 2 N–H and O–H groups in total. The Hall–Kier alpha value is -0.660. The molecule has 0 aromatic heterocycles. The van der Waals surface area contributed by atoms with E-state index in [-0.39, 0.29) is 18.6 Å². The summed E-state index contributed by atoms with van der Waals surface area (Å²) in [6.45, 7) is 3.56. The molecule has 0 aromatic rings. The molecular formula is C9H19NO5S. The van der Waals surface area contributed by atoms with E-state index in [0.717, 1.165) is 7.11 Å². The number of aliphatic hydroxyl groups is 1. The van der Waals surface area contributed by atoms with Crippen LogP contribution >= 0.6 is 0 Å². The molecule has 1 atom stereocenters. The van der Waals surface area contributed by atoms with E-state index in [4.69, 9.17) is 5.11 Å². The van der Waals surface area contributed by atoms with Crippen molar-refractivity contribution < 1.29 is 23.1 Å². The van der Waals surface area contributed by atoms with Gasteiger partial charge in [-0.25, -0.2) is 13.1 Å². The molecule has 1 unspecified atom stereocenters. The number of aliphatic hydroxyl groups excluding tert-OH is 1. The van der Waals surface area contributed by atoms with Crippen molar-refractivity contribution in [1.82, 2.24) is 4.72 Å². The molecule has 96 valence electrons. The molecule has 0 amide bonds. The van der Waals surface area contributed by atoms with Gasteiger partial charge in [0.15, 0.2) is 5.75 Å². The fourth-order valence-electron chi connectivity index (χ4n) is 1.15. The van der Waals surface area contributed by atoms with Gasteiger partial charge in [-0.1, -0.05) is 13.8 Å². The Labute approximate surface area is 96.0 Å². The van der Waals surface area contributed by atoms with Crippen LogP contribution in [0.4, 0.5) is 0 Å². The van der Waals surface area contributed by atoms with Crippen LogP contribution in [0.1, 0.15) is 20.3 Å². The van der Waals surface area contributed by atoms with Crippen molar-refractivity contribution in [2.24, 2.45) is 5.92 Å². The number of carbonyl (C=O) groups excluding carboxylic acids is 1. The third-order valence-corrected chi connectivity index (χ3v) is 3.39. The van der Waals surface area contributed by atoms with Gasteiger partial charge in [0.25, 0.3) is 0 Å². The Morgan fingerprint density at radius 1 is 1.44 bits per heavy atom. The second-order valence-corrected chi connectivity index (χ2v) is 5.57. The van der Waals surface area contributed by atoms with E-state index >= 15 is 0 Å². The van der Waals surface area contributed by atoms with Crippen LogP contribution in [0.3, 0.4) is 0 Å². The summed E-state index contributed by atoms with van der Waals surface area (Å²) in [5, 5.41) is 8.78. The fraction of sp³-hybridized carbons (Fsp3) is 0.889. The fourth-order valence-corrected chi connectivity index (χ4v) is 2.52. The lowest BCUT2D eigenvalue weighted by molar-refractivity contribution is -0.137. The number of nitrogens with one attached hydrogen (secondary N) is 1. The van der Waals surface area contributed by atoms with E-state index in [1.165, 1.54) is 0 Å². The number of hydrogen-bond acceptors (Lipinski definition) is 5. The summed E-state index contributed by atoms with van der Waals surface area (Å²) >= 11 is 0. The van der Waals surface area contributed by atoms with Crippen LogP contribution in [0.2, 0.25) is 0 Å². The van der Waals surface area contributed by atoms with Gasteiger partial charge >= 0.3 is 5.97 Å². The molecule has 0 aliphatic heterocycles. The number of esters is 1. The maximum atomic E-state index is 11.5. The number of methoxy groups -OCH3 is 1. The van der Waals surface area contributed by atoms with Crippen LogP contribution in [0.5, 0.6) is 0 Å². The summed E-state index contributed by atoms with van der Waals surface area (Å²) in [4.78, 5) is 10.8. The summed E-state index contributed by atoms with van der Waals surface area (Å²) in [6, 6.07) is -0.375. The first-order valence-corrected chi connectivity index (χ1v) is 6.65. The highest BCUT2D eigenvalue weighted by molar-refractivity contribution is 7.90. The number of hydrogen-bond donors (Lipinski definition) is 2. The molecule has 6 nitrogen and oxygen atoms in total. The van der Waals surface area contributed by atoms with Crippen molar-refractivity contribution in [3.63, 3.8) is 0 Å². The number of carbonyl (C=O) groups is 1. The van der Waals surface area contributed by atoms with Crippen LogP contribution in [0.25, 0.3) is 0 Å². The second kappa shape index (κ2) is 6.82. The van der Waals surface area contributed by atoms with E-state index in [0.29, 0.717) is 6.42 Å². The third kappa shape index (κ3) is 6.04. The Morgan fingerprint density at radius 3 is 2.38 bits per heavy atom. The average molecular weight is 253 g/mol. The molecule has 0 fully saturated rings. The van der Waals surface area contributed by atoms with E-state index in [9.17, 15) is 13.2 Å². The Kier molecular flexibility index (Phi) is 6.54. The van der Waals surface area contributed by atoms with Crippen molar-refractivity contribution >= 4 is 16.0 Å². The van der Waals surface area contributed by atoms with Crippen molar-refractivity contribution in [3.8, 4) is 0 Å². The highest BCUT2D eigenvalue weighted by atomic mass is 32.2. The molecular weight excluding hydrogens is 234 g/mol. The maximum Gasteiger partial charge on any atom is 0.322 e. The summed E-state index contributed by atoms with van der Waals surface area (Å²) in [7, 11) is -2.56. The molecule has 0 saturated heterocycles. The monoisotopic (exact) mass is 253 g/mol. The van der Waals surface area contributed by atoms with Crippen molar-refractivity contribution in [2.75, 3.05) is 19.5 Å². The molecule has 0 saturated carbocycles. The normalized spacial score (nSPS) is 13.8. The quantitative estimate of drug-likeness (QED) is 0.596. The van der Waals surface area contributed by atoms with E-state index in [1.54, 1.807) is 0 Å². The van der Waals surface area contributed by atoms with Gasteiger partial charge < -0.3 is 9.84 Å². The number of rotatable bonds is 7. The minimum Gasteiger partial charge on any atom is -0.468 e. The predicted molar refractivity (Wildman–Crippen MR) is 59.3 cm³/mol. The molecule has 0 spiro atoms. The summed E-state index contributed by atoms with van der Waals surface area (Å²) in [5.41, 5.74) is 0. The van der Waals surface area contributed by atoms with Crippen LogP contribution in [0, 0.1) is 5.92 Å². The Morgan fingerprint density at radius 2 is 2.00 bits per heavy atom. The summed E-state index contributed by atoms with van der Waals surface area (Å²) in [6.07, 6.45) is 0.318. The Bertz CT molecular complexity index is 312. The third-order valence-electron chi connectivity index (χ3n) is 2.11. The molecule has 0 aliphatic rings. The molecule has 0 aliphatic carbocycles. The zero-order valence-electron chi connectivity index (χ0n) is 9.76. The second-order valence-electron chi connectivity index (χ2n) is 3.82. The highest BCUT2D eigenvalue weighted by Gasteiger charge is 2.23. The topological polar surface area (TPSA) is 92.7 Å². The SMILES string of the molecule is COC(=O)CS(=O)(=O)NC(CCO)C(C)C. The first kappa shape index (κ1) is 15.3. The molecule has 0 radical (unpaired) electrons. The van der Waals surface area contributed by atoms with Gasteiger partial charge in [0.2, 0.25) is 10.0 Å². The van der Waals surface area contributed by atoms with Crippen LogP contribution in [0.15, 0.2) is 0 Å². The molecule has 7 heteroatoms. The summed E-state index contributed by atoms with van der Waals surface area (Å²) in [5.74, 6) is -1.46. The van der Waals surface area contributed by atoms with Gasteiger partial charge in [0.05, 0.1) is 7.11 Å². The van der Waals surface area contributed by atoms with Gasteiger partial charge in [-0.05, 0) is 12.3 Å². The molecule has 16 heavy (non-hydrogen) atoms. The van der Waals surface area contributed by atoms with E-state index in [2.05, 4.69) is 9.46 Å². The Balaban J connectivity index is 4.47. The molecule has 0 aromatic carbocycles. The average Bonchev–Trinajstić information content (AvgIpc) is 2.15. The van der Waals surface area contributed by atoms with Crippen molar-refractivity contribution in [1.29, 1.82) is 0 Å². The largest absolute Gasteiger partial charge is 0.468 e. The molecule has 0 bridgehead atoms. The zero-order chi connectivity index (χ0) is 12.8. The molecule has 0 heterocycles. The van der Waals surface area contributed by atoms with E-state index in [1.807, 2.05) is 13.8 Å². The van der Waals surface area contributed by atoms with Crippen molar-refractivity contribution in [2.45, 2.75) is 26.3 Å². The van der Waals surface area contributed by atoms with Gasteiger partial charge in [0, 0.05) is 12.6 Å². The van der Waals surface area contributed by atoms with Crippen molar-refractivity contribution in [3.05, 3.63) is 0 Å². The van der Waals surface area contributed by atoms with Gasteiger partial charge in [-0.2, -0.15) is 0 Å². The first-order chi connectivity index (χ1) is 7.32. The zero-order valence-corrected chi connectivity index (χ0v) is 10.6. The number of ether oxygens (including phenoxy) is 1. The first-order valence-electron chi connectivity index (χ1n) is 5.00. The number of sulfonamides is 1. The van der Waals surface area contributed by atoms with Gasteiger partial charge in [0.1, 0.15) is 0 Å². The lowest BCUT2D eigenvalue weighted by atomic mass is 10.0. The summed E-state index contributed by atoms with van der Waals surface area (Å²) < 4.78 is 29.6. The van der Waals surface area contributed by atoms with Crippen LogP contribution in [-0.4, -0.2) is 45.0 Å². The minimum absolute atomic E-state index is 0.0413. The smallest absolute Gasteiger partial charge is 0.322 e. The lowest BCUT2D eigenvalue weighted by Gasteiger charge is -2.20. The van der Waals surface area contributed by atoms with Gasteiger partial charge in [-0.3, -0.25) is 4.79 Å². The predicted octanol–water partition coefficient (Wildman–Crippen LogP) is -0.514. The lowest BCUT2D eigenvalue weighted by Crippen LogP contribution is -2.41. The minimum atomic E-state index is -3.69. The standard InChI is InChI=1S/C9H19NO5S/c1-7(2)8(4-5-11)10-16(13,14)6-9(12)15-3/h7-8,10-11H,4-6H2,1-3H3. The van der Waals surface area contributed by atoms with E-state index < -0.39 is 21.7 Å². The van der Waals surface area contributed by atoms with Gasteiger partial charge in [-0.15, -0.1) is 0 Å². The maximum absolute atomic E-state index is 11.5.